The number of ether oxygens (including phenoxy) is 1. The monoisotopic (exact) mass is 457 g/mol. The van der Waals surface area contributed by atoms with E-state index < -0.39 is 17.2 Å². The standard InChI is InChI=1S/C22H17Cl2N3O4/c1-3-31-20-16(23)7-14(8-17(20)24)19(28)18-12(2)15(9-25)21(29)27(22(18)30)11-13-5-4-6-26-10-13/h4-8,10,30H,3,11H2,1-2H3. The van der Waals surface area contributed by atoms with Crippen LogP contribution in [-0.2, 0) is 6.54 Å². The van der Waals surface area contributed by atoms with E-state index >= 15 is 0 Å². The Kier molecular flexibility index (Phi) is 6.64. The number of carbonyl (C=O) groups excluding carboxylic acids is 1. The van der Waals surface area contributed by atoms with Crippen molar-refractivity contribution >= 4 is 29.0 Å². The summed E-state index contributed by atoms with van der Waals surface area (Å²) < 4.78 is 6.34. The summed E-state index contributed by atoms with van der Waals surface area (Å²) in [4.78, 5) is 30.0. The van der Waals surface area contributed by atoms with E-state index in [0.717, 1.165) is 4.57 Å². The van der Waals surface area contributed by atoms with Crippen LogP contribution in [0.4, 0.5) is 0 Å². The fraction of sp³-hybridized carbons (Fsp3) is 0.182. The van der Waals surface area contributed by atoms with Crippen LogP contribution in [-0.4, -0.2) is 27.0 Å². The van der Waals surface area contributed by atoms with E-state index in [1.54, 1.807) is 25.3 Å². The van der Waals surface area contributed by atoms with Gasteiger partial charge in [0.2, 0.25) is 5.88 Å². The molecule has 0 radical (unpaired) electrons. The van der Waals surface area contributed by atoms with Crippen LogP contribution in [0.15, 0.2) is 41.5 Å². The average molecular weight is 458 g/mol. The molecule has 0 saturated carbocycles. The largest absolute Gasteiger partial charge is 0.494 e. The fourth-order valence-electron chi connectivity index (χ4n) is 3.16. The Bertz CT molecular complexity index is 1240. The van der Waals surface area contributed by atoms with E-state index in [1.165, 1.54) is 25.3 Å². The van der Waals surface area contributed by atoms with E-state index in [1.807, 2.05) is 6.07 Å². The molecule has 1 N–H and O–H groups in total. The van der Waals surface area contributed by atoms with E-state index in [4.69, 9.17) is 27.9 Å². The number of aromatic hydroxyl groups is 1. The molecule has 0 aliphatic rings. The van der Waals surface area contributed by atoms with Crippen molar-refractivity contribution in [2.24, 2.45) is 0 Å². The highest BCUT2D eigenvalue weighted by atomic mass is 35.5. The zero-order valence-corrected chi connectivity index (χ0v) is 18.2. The normalized spacial score (nSPS) is 10.5. The molecule has 0 bridgehead atoms. The average Bonchev–Trinajstić information content (AvgIpc) is 2.74. The van der Waals surface area contributed by atoms with Gasteiger partial charge in [-0.15, -0.1) is 0 Å². The van der Waals surface area contributed by atoms with Gasteiger partial charge < -0.3 is 9.84 Å². The van der Waals surface area contributed by atoms with Crippen LogP contribution in [0.2, 0.25) is 10.0 Å². The second-order valence-electron chi connectivity index (χ2n) is 6.59. The molecule has 0 aliphatic heterocycles. The zero-order valence-electron chi connectivity index (χ0n) is 16.6. The number of halogens is 2. The van der Waals surface area contributed by atoms with Crippen LogP contribution in [0.3, 0.4) is 0 Å². The van der Waals surface area contributed by atoms with E-state index in [-0.39, 0.29) is 44.6 Å². The predicted molar refractivity (Wildman–Crippen MR) is 116 cm³/mol. The first kappa shape index (κ1) is 22.3. The summed E-state index contributed by atoms with van der Waals surface area (Å²) in [7, 11) is 0. The van der Waals surface area contributed by atoms with E-state index in [0.29, 0.717) is 12.2 Å². The van der Waals surface area contributed by atoms with Gasteiger partial charge in [0, 0.05) is 18.0 Å². The number of rotatable bonds is 6. The molecule has 0 aliphatic carbocycles. The fourth-order valence-corrected chi connectivity index (χ4v) is 3.76. The van der Waals surface area contributed by atoms with Crippen LogP contribution in [0.1, 0.15) is 39.5 Å². The topological polar surface area (TPSA) is 105 Å². The molecule has 3 aromatic rings. The Labute approximate surface area is 188 Å². The quantitative estimate of drug-likeness (QED) is 0.558. The molecule has 7 nitrogen and oxygen atoms in total. The van der Waals surface area contributed by atoms with E-state index in [2.05, 4.69) is 4.98 Å². The summed E-state index contributed by atoms with van der Waals surface area (Å²) in [5, 5.41) is 20.6. The lowest BCUT2D eigenvalue weighted by Crippen LogP contribution is -2.27. The smallest absolute Gasteiger partial charge is 0.271 e. The number of hydrogen-bond donors (Lipinski definition) is 1. The van der Waals surface area contributed by atoms with Gasteiger partial charge >= 0.3 is 0 Å². The van der Waals surface area contributed by atoms with Crippen molar-refractivity contribution in [3.05, 3.63) is 84.9 Å². The molecule has 158 valence electrons. The number of nitriles is 1. The molecule has 0 atom stereocenters. The zero-order chi connectivity index (χ0) is 22.7. The van der Waals surface area contributed by atoms with Crippen molar-refractivity contribution in [2.75, 3.05) is 6.61 Å². The maximum atomic E-state index is 13.3. The molecule has 9 heteroatoms. The molecule has 3 rings (SSSR count). The van der Waals surface area contributed by atoms with Crippen LogP contribution in [0, 0.1) is 18.3 Å². The highest BCUT2D eigenvalue weighted by Crippen LogP contribution is 2.36. The van der Waals surface area contributed by atoms with Gasteiger partial charge in [0.25, 0.3) is 5.56 Å². The maximum Gasteiger partial charge on any atom is 0.271 e. The first-order valence-corrected chi connectivity index (χ1v) is 9.97. The van der Waals surface area contributed by atoms with Gasteiger partial charge in [-0.3, -0.25) is 19.1 Å². The predicted octanol–water partition coefficient (Wildman–Crippen LogP) is 4.11. The van der Waals surface area contributed by atoms with Gasteiger partial charge in [-0.2, -0.15) is 5.26 Å². The lowest BCUT2D eigenvalue weighted by Gasteiger charge is -2.16. The second-order valence-corrected chi connectivity index (χ2v) is 7.41. The van der Waals surface area contributed by atoms with Crippen molar-refractivity contribution in [3.63, 3.8) is 0 Å². The Morgan fingerprint density at radius 2 is 2.00 bits per heavy atom. The highest BCUT2D eigenvalue weighted by molar-refractivity contribution is 6.38. The van der Waals surface area contributed by atoms with E-state index in [9.17, 15) is 20.0 Å². The number of ketones is 1. The number of pyridine rings is 2. The highest BCUT2D eigenvalue weighted by Gasteiger charge is 2.26. The molecule has 31 heavy (non-hydrogen) atoms. The van der Waals surface area contributed by atoms with Crippen molar-refractivity contribution < 1.29 is 14.6 Å². The van der Waals surface area contributed by atoms with Crippen LogP contribution < -0.4 is 10.3 Å². The third kappa shape index (κ3) is 4.26. The summed E-state index contributed by atoms with van der Waals surface area (Å²) >= 11 is 12.4. The molecule has 2 aromatic heterocycles. The van der Waals surface area contributed by atoms with Gasteiger partial charge in [0.15, 0.2) is 11.5 Å². The van der Waals surface area contributed by atoms with Gasteiger partial charge in [0.05, 0.1) is 28.8 Å². The molecule has 0 fully saturated rings. The number of benzene rings is 1. The second kappa shape index (κ2) is 9.21. The van der Waals surface area contributed by atoms with Crippen molar-refractivity contribution in [1.82, 2.24) is 9.55 Å². The molecule has 0 amide bonds. The summed E-state index contributed by atoms with van der Waals surface area (Å²) in [5.74, 6) is -0.961. The molecule has 2 heterocycles. The first-order chi connectivity index (χ1) is 14.8. The van der Waals surface area contributed by atoms with Gasteiger partial charge in [-0.25, -0.2) is 0 Å². The lowest BCUT2D eigenvalue weighted by molar-refractivity contribution is 0.103. The Balaban J connectivity index is 2.19. The maximum absolute atomic E-state index is 13.3. The van der Waals surface area contributed by atoms with Crippen LogP contribution >= 0.6 is 23.2 Å². The number of hydrogen-bond acceptors (Lipinski definition) is 6. The third-order valence-electron chi connectivity index (χ3n) is 4.64. The summed E-state index contributed by atoms with van der Waals surface area (Å²) in [6, 6.07) is 7.93. The minimum atomic E-state index is -0.708. The Hall–Kier alpha value is -3.34. The Morgan fingerprint density at radius 1 is 1.32 bits per heavy atom. The summed E-state index contributed by atoms with van der Waals surface area (Å²) in [6.07, 6.45) is 3.08. The minimum absolute atomic E-state index is 0.0681. The van der Waals surface area contributed by atoms with Crippen LogP contribution in [0.25, 0.3) is 0 Å². The van der Waals surface area contributed by atoms with Gasteiger partial charge in [0.1, 0.15) is 11.6 Å². The van der Waals surface area contributed by atoms with Crippen molar-refractivity contribution in [3.8, 4) is 17.7 Å². The SMILES string of the molecule is CCOc1c(Cl)cc(C(=O)c2c(C)c(C#N)c(=O)n(Cc3cccnc3)c2O)cc1Cl. The minimum Gasteiger partial charge on any atom is -0.494 e. The third-order valence-corrected chi connectivity index (χ3v) is 5.20. The van der Waals surface area contributed by atoms with Crippen molar-refractivity contribution in [1.29, 1.82) is 5.26 Å². The number of aromatic nitrogens is 2. The van der Waals surface area contributed by atoms with Gasteiger partial charge in [-0.05, 0) is 43.2 Å². The van der Waals surface area contributed by atoms with Crippen LogP contribution in [0.5, 0.6) is 11.6 Å². The first-order valence-electron chi connectivity index (χ1n) is 9.22. The molecule has 0 unspecified atom stereocenters. The molecular formula is C22H17Cl2N3O4. The van der Waals surface area contributed by atoms with Gasteiger partial charge in [-0.1, -0.05) is 29.3 Å². The van der Waals surface area contributed by atoms with Crippen molar-refractivity contribution in [2.45, 2.75) is 20.4 Å². The summed E-state index contributed by atoms with van der Waals surface area (Å²) in [6.45, 7) is 3.46. The Morgan fingerprint density at radius 3 is 2.55 bits per heavy atom. The molecule has 0 spiro atoms. The number of nitrogens with zero attached hydrogens (tertiary/aromatic N) is 3. The summed E-state index contributed by atoms with van der Waals surface area (Å²) in [5.41, 5.74) is -0.380. The molecular weight excluding hydrogens is 441 g/mol. The molecule has 1 aromatic carbocycles. The molecule has 0 saturated heterocycles. The number of carbonyl (C=O) groups is 1. The lowest BCUT2D eigenvalue weighted by atomic mass is 9.97.